The number of hydrogen-bond donors (Lipinski definition) is 1. The van der Waals surface area contributed by atoms with E-state index in [4.69, 9.17) is 14.2 Å². The number of amides is 1. The van der Waals surface area contributed by atoms with Crippen molar-refractivity contribution in [1.82, 2.24) is 10.2 Å². The molecule has 0 bridgehead atoms. The fourth-order valence-electron chi connectivity index (χ4n) is 2.71. The van der Waals surface area contributed by atoms with E-state index in [1.807, 2.05) is 11.8 Å². The lowest BCUT2D eigenvalue weighted by molar-refractivity contribution is 0.0654. The Morgan fingerprint density at radius 3 is 2.95 bits per heavy atom. The first-order valence-electron chi connectivity index (χ1n) is 7.20. The van der Waals surface area contributed by atoms with Crippen LogP contribution in [0.25, 0.3) is 0 Å². The third-order valence-electron chi connectivity index (χ3n) is 3.84. The Labute approximate surface area is 124 Å². The maximum atomic E-state index is 12.7. The third kappa shape index (κ3) is 2.63. The molecular formula is C15H20N2O4. The van der Waals surface area contributed by atoms with Gasteiger partial charge in [0.1, 0.15) is 13.2 Å². The van der Waals surface area contributed by atoms with Crippen LogP contribution in [0.3, 0.4) is 0 Å². The Bertz CT molecular complexity index is 529. The standard InChI is InChI=1S/C15H20N2O4/c1-10-9-16-3-4-17(10)15(18)11-7-12(19-2)14-13(8-11)20-5-6-21-14/h7-8,10,16H,3-6,9H2,1-2H3/t10-/m1/s1. The number of fused-ring (bicyclic) bond motifs is 1. The lowest BCUT2D eigenvalue weighted by Crippen LogP contribution is -2.52. The second-order valence-corrected chi connectivity index (χ2v) is 5.25. The molecule has 6 nitrogen and oxygen atoms in total. The highest BCUT2D eigenvalue weighted by Crippen LogP contribution is 2.40. The van der Waals surface area contributed by atoms with Gasteiger partial charge in [-0.3, -0.25) is 4.79 Å². The Morgan fingerprint density at radius 2 is 2.19 bits per heavy atom. The summed E-state index contributed by atoms with van der Waals surface area (Å²) in [5, 5.41) is 3.28. The van der Waals surface area contributed by atoms with Crippen molar-refractivity contribution in [3.05, 3.63) is 17.7 Å². The van der Waals surface area contributed by atoms with Crippen LogP contribution < -0.4 is 19.5 Å². The van der Waals surface area contributed by atoms with E-state index in [2.05, 4.69) is 5.32 Å². The van der Waals surface area contributed by atoms with Gasteiger partial charge >= 0.3 is 0 Å². The summed E-state index contributed by atoms with van der Waals surface area (Å²) >= 11 is 0. The first-order chi connectivity index (χ1) is 10.2. The molecule has 2 aliphatic rings. The van der Waals surface area contributed by atoms with Crippen molar-refractivity contribution in [1.29, 1.82) is 0 Å². The predicted molar refractivity (Wildman–Crippen MR) is 77.4 cm³/mol. The molecule has 0 unspecified atom stereocenters. The van der Waals surface area contributed by atoms with Crippen molar-refractivity contribution in [2.24, 2.45) is 0 Å². The number of methoxy groups -OCH3 is 1. The first-order valence-corrected chi connectivity index (χ1v) is 7.20. The van der Waals surface area contributed by atoms with E-state index < -0.39 is 0 Å². The van der Waals surface area contributed by atoms with Gasteiger partial charge in [-0.05, 0) is 19.1 Å². The number of hydrogen-bond acceptors (Lipinski definition) is 5. The van der Waals surface area contributed by atoms with Crippen LogP contribution in [0.15, 0.2) is 12.1 Å². The zero-order chi connectivity index (χ0) is 14.8. The van der Waals surface area contributed by atoms with E-state index in [0.29, 0.717) is 42.6 Å². The molecule has 0 aromatic heterocycles. The Balaban J connectivity index is 1.92. The minimum absolute atomic E-state index is 0.000673. The Morgan fingerprint density at radius 1 is 1.38 bits per heavy atom. The van der Waals surface area contributed by atoms with Gasteiger partial charge in [-0.15, -0.1) is 0 Å². The van der Waals surface area contributed by atoms with Gasteiger partial charge in [0.2, 0.25) is 5.75 Å². The van der Waals surface area contributed by atoms with E-state index >= 15 is 0 Å². The highest BCUT2D eigenvalue weighted by atomic mass is 16.6. The minimum Gasteiger partial charge on any atom is -0.493 e. The summed E-state index contributed by atoms with van der Waals surface area (Å²) in [7, 11) is 1.56. The summed E-state index contributed by atoms with van der Waals surface area (Å²) < 4.78 is 16.5. The number of ether oxygens (including phenoxy) is 3. The van der Waals surface area contributed by atoms with Gasteiger partial charge < -0.3 is 24.4 Å². The molecule has 0 spiro atoms. The summed E-state index contributed by atoms with van der Waals surface area (Å²) in [6, 6.07) is 3.64. The van der Waals surface area contributed by atoms with Crippen molar-refractivity contribution >= 4 is 5.91 Å². The fraction of sp³-hybridized carbons (Fsp3) is 0.533. The topological polar surface area (TPSA) is 60.0 Å². The van der Waals surface area contributed by atoms with Crippen molar-refractivity contribution in [3.63, 3.8) is 0 Å². The quantitative estimate of drug-likeness (QED) is 0.877. The number of nitrogens with zero attached hydrogens (tertiary/aromatic N) is 1. The summed E-state index contributed by atoms with van der Waals surface area (Å²) in [5.74, 6) is 1.69. The average Bonchev–Trinajstić information content (AvgIpc) is 2.53. The van der Waals surface area contributed by atoms with Crippen LogP contribution in [-0.4, -0.2) is 56.8 Å². The second kappa shape index (κ2) is 5.81. The highest BCUT2D eigenvalue weighted by molar-refractivity contribution is 5.96. The van der Waals surface area contributed by atoms with Crippen molar-refractivity contribution in [2.75, 3.05) is 40.0 Å². The van der Waals surface area contributed by atoms with Gasteiger partial charge in [0, 0.05) is 31.2 Å². The highest BCUT2D eigenvalue weighted by Gasteiger charge is 2.27. The summed E-state index contributed by atoms with van der Waals surface area (Å²) in [5.41, 5.74) is 0.574. The smallest absolute Gasteiger partial charge is 0.254 e. The van der Waals surface area contributed by atoms with Crippen LogP contribution in [-0.2, 0) is 0 Å². The van der Waals surface area contributed by atoms with Crippen molar-refractivity contribution in [3.8, 4) is 17.2 Å². The molecule has 21 heavy (non-hydrogen) atoms. The molecule has 114 valence electrons. The lowest BCUT2D eigenvalue weighted by atomic mass is 10.1. The number of benzene rings is 1. The Hall–Kier alpha value is -1.95. The normalized spacial score (nSPS) is 21.0. The molecule has 1 aromatic carbocycles. The van der Waals surface area contributed by atoms with Crippen LogP contribution in [0, 0.1) is 0 Å². The largest absolute Gasteiger partial charge is 0.493 e. The minimum atomic E-state index is -0.000673. The molecule has 0 aliphatic carbocycles. The SMILES string of the molecule is COc1cc(C(=O)N2CCNC[C@H]2C)cc2c1OCCO2. The number of piperazine rings is 1. The second-order valence-electron chi connectivity index (χ2n) is 5.25. The zero-order valence-corrected chi connectivity index (χ0v) is 12.3. The van der Waals surface area contributed by atoms with E-state index in [-0.39, 0.29) is 11.9 Å². The molecule has 1 fully saturated rings. The van der Waals surface area contributed by atoms with Gasteiger partial charge in [-0.2, -0.15) is 0 Å². The maximum absolute atomic E-state index is 12.7. The van der Waals surface area contributed by atoms with E-state index in [1.165, 1.54) is 0 Å². The molecule has 3 rings (SSSR count). The van der Waals surface area contributed by atoms with Crippen molar-refractivity contribution < 1.29 is 19.0 Å². The molecular weight excluding hydrogens is 272 g/mol. The lowest BCUT2D eigenvalue weighted by Gasteiger charge is -2.34. The monoisotopic (exact) mass is 292 g/mol. The van der Waals surface area contributed by atoms with Crippen molar-refractivity contribution in [2.45, 2.75) is 13.0 Å². The van der Waals surface area contributed by atoms with Crippen LogP contribution in [0.4, 0.5) is 0 Å². The molecule has 1 saturated heterocycles. The van der Waals surface area contributed by atoms with Crippen LogP contribution in [0.2, 0.25) is 0 Å². The molecule has 1 amide bonds. The van der Waals surface area contributed by atoms with Gasteiger partial charge in [-0.25, -0.2) is 0 Å². The number of carbonyl (C=O) groups is 1. The predicted octanol–water partition coefficient (Wildman–Crippen LogP) is 0.900. The first kappa shape index (κ1) is 14.0. The summed E-state index contributed by atoms with van der Waals surface area (Å²) in [6.45, 7) is 5.35. The molecule has 6 heteroatoms. The summed E-state index contributed by atoms with van der Waals surface area (Å²) in [6.07, 6.45) is 0. The molecule has 1 aromatic rings. The maximum Gasteiger partial charge on any atom is 0.254 e. The average molecular weight is 292 g/mol. The van der Waals surface area contributed by atoms with E-state index in [0.717, 1.165) is 13.1 Å². The molecule has 1 atom stereocenters. The van der Waals surface area contributed by atoms with Gasteiger partial charge in [0.05, 0.1) is 7.11 Å². The molecule has 2 heterocycles. The Kier molecular flexibility index (Phi) is 3.88. The van der Waals surface area contributed by atoms with Gasteiger partial charge in [-0.1, -0.05) is 0 Å². The van der Waals surface area contributed by atoms with Crippen LogP contribution in [0.1, 0.15) is 17.3 Å². The van der Waals surface area contributed by atoms with Gasteiger partial charge in [0.15, 0.2) is 11.5 Å². The molecule has 2 aliphatic heterocycles. The van der Waals surface area contributed by atoms with E-state index in [9.17, 15) is 4.79 Å². The number of carbonyl (C=O) groups excluding carboxylic acids is 1. The molecule has 1 N–H and O–H groups in total. The number of rotatable bonds is 2. The zero-order valence-electron chi connectivity index (χ0n) is 12.3. The summed E-state index contributed by atoms with van der Waals surface area (Å²) in [4.78, 5) is 14.6. The van der Waals surface area contributed by atoms with Crippen LogP contribution in [0.5, 0.6) is 17.2 Å². The number of nitrogens with one attached hydrogen (secondary N) is 1. The molecule has 0 radical (unpaired) electrons. The van der Waals surface area contributed by atoms with Gasteiger partial charge in [0.25, 0.3) is 5.91 Å². The van der Waals surface area contributed by atoms with E-state index in [1.54, 1.807) is 19.2 Å². The third-order valence-corrected chi connectivity index (χ3v) is 3.84. The molecule has 0 saturated carbocycles. The van der Waals surface area contributed by atoms with Crippen LogP contribution >= 0.6 is 0 Å². The fourth-order valence-corrected chi connectivity index (χ4v) is 2.71.